The number of piperazine rings is 1. The first-order chi connectivity index (χ1) is 19.4. The lowest BCUT2D eigenvalue weighted by molar-refractivity contribution is 0.0622. The number of carbonyl (C=O) groups excluding carboxylic acids is 1. The molecule has 40 heavy (non-hydrogen) atoms. The Morgan fingerprint density at radius 1 is 1.23 bits per heavy atom. The van der Waals surface area contributed by atoms with Crippen LogP contribution in [0.15, 0.2) is 28.0 Å². The second-order valence-electron chi connectivity index (χ2n) is 10.4. The van der Waals surface area contributed by atoms with Crippen LogP contribution in [-0.4, -0.2) is 77.1 Å². The van der Waals surface area contributed by atoms with Crippen LogP contribution in [0, 0.1) is 12.7 Å². The van der Waals surface area contributed by atoms with Gasteiger partial charge in [-0.1, -0.05) is 0 Å². The van der Waals surface area contributed by atoms with E-state index in [1.807, 2.05) is 19.9 Å². The van der Waals surface area contributed by atoms with Gasteiger partial charge in [-0.05, 0) is 44.9 Å². The third-order valence-electron chi connectivity index (χ3n) is 7.85. The Kier molecular flexibility index (Phi) is 7.20. The molecule has 0 unspecified atom stereocenters. The van der Waals surface area contributed by atoms with Crippen LogP contribution in [0.2, 0.25) is 0 Å². The number of hydrogen-bond acceptors (Lipinski definition) is 9. The van der Waals surface area contributed by atoms with Gasteiger partial charge in [-0.2, -0.15) is 4.98 Å². The summed E-state index contributed by atoms with van der Waals surface area (Å²) in [6.07, 6.45) is 3.39. The first-order valence-corrected chi connectivity index (χ1v) is 13.8. The SMILES string of the molecule is CCn1c2c3c(cc(CN4CCN(c5ccc(C(=O)N[C@H]6CCCOC6)nc5C)CC4)c(F)c3nc1=O)NC=N2. The Labute approximate surface area is 231 Å². The van der Waals surface area contributed by atoms with Crippen LogP contribution in [0.5, 0.6) is 0 Å². The second kappa shape index (κ2) is 10.9. The van der Waals surface area contributed by atoms with Gasteiger partial charge in [-0.25, -0.2) is 19.2 Å². The molecule has 2 saturated heterocycles. The standard InChI is InChI=1S/C28H33FN8O3/c1-3-37-26-23-21(30-16-31-26)13-18(24(29)25(23)34-28(37)39)14-35-8-10-36(11-9-35)22-7-6-20(32-17(22)2)27(38)33-19-5-4-12-40-15-19/h6-7,13,16,19H,3-5,8-12,14-15H2,1-2H3,(H,30,31)(H,33,38)/t19-/m0/s1. The predicted octanol–water partition coefficient (Wildman–Crippen LogP) is 2.58. The first-order valence-electron chi connectivity index (χ1n) is 13.8. The van der Waals surface area contributed by atoms with Gasteiger partial charge in [-0.3, -0.25) is 14.3 Å². The van der Waals surface area contributed by atoms with E-state index < -0.39 is 11.5 Å². The largest absolute Gasteiger partial charge is 0.379 e. The summed E-state index contributed by atoms with van der Waals surface area (Å²) in [6, 6.07) is 5.55. The van der Waals surface area contributed by atoms with Crippen LogP contribution >= 0.6 is 0 Å². The number of nitrogens with one attached hydrogen (secondary N) is 2. The van der Waals surface area contributed by atoms with Crippen molar-refractivity contribution in [2.24, 2.45) is 4.99 Å². The fourth-order valence-electron chi connectivity index (χ4n) is 5.74. The maximum atomic E-state index is 15.6. The van der Waals surface area contributed by atoms with Gasteiger partial charge in [0.05, 0.1) is 41.4 Å². The van der Waals surface area contributed by atoms with Crippen LogP contribution in [0.1, 0.15) is 41.5 Å². The normalized spacial score (nSPS) is 19.1. The van der Waals surface area contributed by atoms with Crippen molar-refractivity contribution in [3.63, 3.8) is 0 Å². The number of aryl methyl sites for hydroxylation is 1. The van der Waals surface area contributed by atoms with Crippen LogP contribution < -0.4 is 21.2 Å². The van der Waals surface area contributed by atoms with Crippen molar-refractivity contribution in [3.8, 4) is 0 Å². The second-order valence-corrected chi connectivity index (χ2v) is 10.4. The zero-order valence-electron chi connectivity index (χ0n) is 22.7. The molecule has 1 aromatic carbocycles. The van der Waals surface area contributed by atoms with E-state index in [1.165, 1.54) is 10.9 Å². The molecule has 0 aliphatic carbocycles. The summed E-state index contributed by atoms with van der Waals surface area (Å²) in [7, 11) is 0. The Hall–Kier alpha value is -3.90. The lowest BCUT2D eigenvalue weighted by atomic mass is 10.1. The lowest BCUT2D eigenvalue weighted by Gasteiger charge is -2.36. The van der Waals surface area contributed by atoms with Crippen molar-refractivity contribution >= 4 is 40.3 Å². The highest BCUT2D eigenvalue weighted by molar-refractivity contribution is 6.06. The minimum absolute atomic E-state index is 0.0271. The van der Waals surface area contributed by atoms with Gasteiger partial charge in [0.15, 0.2) is 5.82 Å². The highest BCUT2D eigenvalue weighted by Crippen LogP contribution is 2.36. The molecule has 0 bridgehead atoms. The summed E-state index contributed by atoms with van der Waals surface area (Å²) < 4.78 is 22.5. The van der Waals surface area contributed by atoms with E-state index >= 15 is 4.39 Å². The molecule has 2 fully saturated rings. The number of rotatable bonds is 6. The van der Waals surface area contributed by atoms with Crippen molar-refractivity contribution < 1.29 is 13.9 Å². The smallest absolute Gasteiger partial charge is 0.349 e. The number of nitrogens with zero attached hydrogens (tertiary/aromatic N) is 6. The molecular weight excluding hydrogens is 515 g/mol. The zero-order valence-corrected chi connectivity index (χ0v) is 22.7. The number of amides is 1. The molecule has 3 aliphatic rings. The monoisotopic (exact) mass is 548 g/mol. The quantitative estimate of drug-likeness (QED) is 0.483. The van der Waals surface area contributed by atoms with E-state index in [-0.39, 0.29) is 17.5 Å². The Bertz CT molecular complexity index is 1540. The van der Waals surface area contributed by atoms with Crippen LogP contribution in [0.25, 0.3) is 10.9 Å². The first kappa shape index (κ1) is 26.3. The molecule has 1 atom stereocenters. The van der Waals surface area contributed by atoms with Crippen molar-refractivity contribution in [1.29, 1.82) is 0 Å². The third kappa shape index (κ3) is 4.92. The molecular formula is C28H33FN8O3. The van der Waals surface area contributed by atoms with Crippen molar-refractivity contribution in [1.82, 2.24) is 24.8 Å². The van der Waals surface area contributed by atoms with Crippen molar-refractivity contribution in [2.45, 2.75) is 45.8 Å². The molecule has 11 nitrogen and oxygen atoms in total. The van der Waals surface area contributed by atoms with E-state index in [4.69, 9.17) is 4.74 Å². The van der Waals surface area contributed by atoms with E-state index in [2.05, 4.69) is 35.4 Å². The van der Waals surface area contributed by atoms with Crippen LogP contribution in [-0.2, 0) is 17.8 Å². The Morgan fingerprint density at radius 2 is 2.05 bits per heavy atom. The minimum Gasteiger partial charge on any atom is -0.379 e. The van der Waals surface area contributed by atoms with Gasteiger partial charge >= 0.3 is 5.69 Å². The molecule has 12 heteroatoms. The number of benzene rings is 1. The summed E-state index contributed by atoms with van der Waals surface area (Å²) in [5.41, 5.74) is 2.94. The van der Waals surface area contributed by atoms with Crippen LogP contribution in [0.4, 0.5) is 21.6 Å². The highest BCUT2D eigenvalue weighted by Gasteiger charge is 2.25. The molecule has 210 valence electrons. The molecule has 0 saturated carbocycles. The van der Waals surface area contributed by atoms with E-state index in [0.717, 1.165) is 57.0 Å². The van der Waals surface area contributed by atoms with Gasteiger partial charge in [0.25, 0.3) is 5.91 Å². The van der Waals surface area contributed by atoms with E-state index in [0.29, 0.717) is 47.8 Å². The lowest BCUT2D eigenvalue weighted by Crippen LogP contribution is -2.46. The number of hydrogen-bond donors (Lipinski definition) is 2. The van der Waals surface area contributed by atoms with E-state index in [9.17, 15) is 9.59 Å². The molecule has 2 N–H and O–H groups in total. The predicted molar refractivity (Wildman–Crippen MR) is 151 cm³/mol. The molecule has 5 heterocycles. The average molecular weight is 549 g/mol. The minimum atomic E-state index is -0.504. The topological polar surface area (TPSA) is 117 Å². The summed E-state index contributed by atoms with van der Waals surface area (Å²) in [4.78, 5) is 42.6. The Balaban J connectivity index is 1.13. The number of anilines is 2. The molecule has 0 spiro atoms. The summed E-state index contributed by atoms with van der Waals surface area (Å²) >= 11 is 0. The van der Waals surface area contributed by atoms with Gasteiger partial charge in [0.2, 0.25) is 0 Å². The molecule has 3 aliphatic heterocycles. The number of aliphatic imine (C=N–C) groups is 1. The fourth-order valence-corrected chi connectivity index (χ4v) is 5.74. The van der Waals surface area contributed by atoms with Gasteiger partial charge < -0.3 is 20.3 Å². The third-order valence-corrected chi connectivity index (χ3v) is 7.85. The molecule has 1 amide bonds. The number of carbonyl (C=O) groups is 1. The fraction of sp³-hybridized carbons (Fsp3) is 0.464. The molecule has 2 aromatic heterocycles. The molecule has 3 aromatic rings. The number of halogens is 1. The maximum Gasteiger partial charge on any atom is 0.349 e. The van der Waals surface area contributed by atoms with Gasteiger partial charge in [0, 0.05) is 51.4 Å². The van der Waals surface area contributed by atoms with Crippen LogP contribution in [0.3, 0.4) is 0 Å². The number of pyridine rings is 1. The van der Waals surface area contributed by atoms with Gasteiger partial charge in [0.1, 0.15) is 17.0 Å². The van der Waals surface area contributed by atoms with Crippen molar-refractivity contribution in [2.75, 3.05) is 49.6 Å². The maximum absolute atomic E-state index is 15.6. The van der Waals surface area contributed by atoms with Gasteiger partial charge in [-0.15, -0.1) is 0 Å². The van der Waals surface area contributed by atoms with Crippen molar-refractivity contribution in [3.05, 3.63) is 51.5 Å². The highest BCUT2D eigenvalue weighted by atomic mass is 19.1. The zero-order chi connectivity index (χ0) is 27.8. The summed E-state index contributed by atoms with van der Waals surface area (Å²) in [5.74, 6) is -0.224. The molecule has 6 rings (SSSR count). The van der Waals surface area contributed by atoms with E-state index in [1.54, 1.807) is 12.1 Å². The number of ether oxygens (including phenoxy) is 1. The summed E-state index contributed by atoms with van der Waals surface area (Å²) in [5, 5.41) is 6.64. The average Bonchev–Trinajstić information content (AvgIpc) is 2.96. The summed E-state index contributed by atoms with van der Waals surface area (Å²) in [6.45, 7) is 8.77. The number of aromatic nitrogens is 3. The molecule has 0 radical (unpaired) electrons. The Morgan fingerprint density at radius 3 is 2.77 bits per heavy atom.